The minimum Gasteiger partial charge on any atom is -0.480 e. The third-order valence-corrected chi connectivity index (χ3v) is 5.31. The molecule has 0 aliphatic heterocycles. The number of carbonyl (C=O) groups is 2. The molecule has 0 bridgehead atoms. The van der Waals surface area contributed by atoms with E-state index in [0.29, 0.717) is 12.5 Å². The van der Waals surface area contributed by atoms with Crippen molar-refractivity contribution in [1.29, 1.82) is 0 Å². The maximum Gasteiger partial charge on any atom is 0.317 e. The van der Waals surface area contributed by atoms with Gasteiger partial charge in [-0.25, -0.2) is 4.68 Å². The first-order valence-electron chi connectivity index (χ1n) is 9.63. The minimum absolute atomic E-state index is 0.0499. The normalized spacial score (nSPS) is 21.3. The van der Waals surface area contributed by atoms with Gasteiger partial charge in [0.2, 0.25) is 0 Å². The first-order chi connectivity index (χ1) is 13.6. The summed E-state index contributed by atoms with van der Waals surface area (Å²) in [6, 6.07) is 5.91. The molecule has 0 saturated heterocycles. The SMILES string of the molecule is O=C(O)CN(CC1CC1)C1CC(NC(=O)c2cn(Cc3ccccn3)nn2)C1. The van der Waals surface area contributed by atoms with Gasteiger partial charge in [-0.2, -0.15) is 0 Å². The van der Waals surface area contributed by atoms with Crippen molar-refractivity contribution in [2.45, 2.75) is 44.3 Å². The Morgan fingerprint density at radius 2 is 2.11 bits per heavy atom. The quantitative estimate of drug-likeness (QED) is 0.657. The number of nitrogens with zero attached hydrogens (tertiary/aromatic N) is 5. The van der Waals surface area contributed by atoms with E-state index in [-0.39, 0.29) is 30.2 Å². The third-order valence-electron chi connectivity index (χ3n) is 5.31. The molecule has 0 aromatic carbocycles. The zero-order valence-corrected chi connectivity index (χ0v) is 15.6. The average Bonchev–Trinajstić information content (AvgIpc) is 3.33. The number of aliphatic carboxylic acids is 1. The van der Waals surface area contributed by atoms with Gasteiger partial charge in [-0.05, 0) is 43.7 Å². The van der Waals surface area contributed by atoms with Gasteiger partial charge in [-0.3, -0.25) is 19.5 Å². The number of nitrogens with one attached hydrogen (secondary N) is 1. The Hall–Kier alpha value is -2.81. The van der Waals surface area contributed by atoms with Gasteiger partial charge in [0, 0.05) is 24.8 Å². The van der Waals surface area contributed by atoms with E-state index in [1.165, 1.54) is 12.8 Å². The lowest BCUT2D eigenvalue weighted by Crippen LogP contribution is -2.55. The lowest BCUT2D eigenvalue weighted by atomic mass is 9.85. The van der Waals surface area contributed by atoms with Crippen molar-refractivity contribution in [2.75, 3.05) is 13.1 Å². The lowest BCUT2D eigenvalue weighted by molar-refractivity contribution is -0.139. The Morgan fingerprint density at radius 3 is 2.79 bits per heavy atom. The minimum atomic E-state index is -0.794. The molecule has 0 unspecified atom stereocenters. The summed E-state index contributed by atoms with van der Waals surface area (Å²) in [6.07, 6.45) is 7.25. The summed E-state index contributed by atoms with van der Waals surface area (Å²) in [4.78, 5) is 29.8. The lowest BCUT2D eigenvalue weighted by Gasteiger charge is -2.42. The van der Waals surface area contributed by atoms with E-state index in [0.717, 1.165) is 25.1 Å². The Kier molecular flexibility index (Phi) is 5.34. The summed E-state index contributed by atoms with van der Waals surface area (Å²) in [5.41, 5.74) is 1.12. The molecule has 4 rings (SSSR count). The number of pyridine rings is 1. The topological polar surface area (TPSA) is 113 Å². The second kappa shape index (κ2) is 8.05. The predicted molar refractivity (Wildman–Crippen MR) is 99.6 cm³/mol. The number of hydrogen-bond donors (Lipinski definition) is 2. The molecular weight excluding hydrogens is 360 g/mol. The summed E-state index contributed by atoms with van der Waals surface area (Å²) in [5.74, 6) is -0.400. The molecule has 0 spiro atoms. The highest BCUT2D eigenvalue weighted by molar-refractivity contribution is 5.92. The van der Waals surface area contributed by atoms with Gasteiger partial charge in [-0.1, -0.05) is 11.3 Å². The van der Waals surface area contributed by atoms with Gasteiger partial charge in [0.15, 0.2) is 5.69 Å². The largest absolute Gasteiger partial charge is 0.480 e. The Balaban J connectivity index is 1.26. The zero-order chi connectivity index (χ0) is 19.5. The number of hydrogen-bond acceptors (Lipinski definition) is 6. The molecule has 1 amide bonds. The fourth-order valence-corrected chi connectivity index (χ4v) is 3.55. The predicted octanol–water partition coefficient (Wildman–Crippen LogP) is 0.779. The number of aromatic nitrogens is 4. The molecule has 0 atom stereocenters. The first kappa shape index (κ1) is 18.5. The maximum absolute atomic E-state index is 12.4. The molecule has 2 fully saturated rings. The van der Waals surface area contributed by atoms with E-state index < -0.39 is 5.97 Å². The van der Waals surface area contributed by atoms with Crippen LogP contribution in [0.15, 0.2) is 30.6 Å². The molecule has 2 N–H and O–H groups in total. The van der Waals surface area contributed by atoms with Crippen molar-refractivity contribution in [3.63, 3.8) is 0 Å². The number of amides is 1. The van der Waals surface area contributed by atoms with Crippen molar-refractivity contribution in [3.05, 3.63) is 42.0 Å². The van der Waals surface area contributed by atoms with Crippen LogP contribution < -0.4 is 5.32 Å². The molecule has 9 nitrogen and oxygen atoms in total. The van der Waals surface area contributed by atoms with Gasteiger partial charge in [0.05, 0.1) is 25.0 Å². The van der Waals surface area contributed by atoms with Gasteiger partial charge in [0.25, 0.3) is 5.91 Å². The number of rotatable bonds is 9. The Morgan fingerprint density at radius 1 is 1.29 bits per heavy atom. The van der Waals surface area contributed by atoms with Crippen LogP contribution in [0.1, 0.15) is 41.9 Å². The standard InChI is InChI=1S/C19H24N6O3/c26-18(27)12-24(9-13-4-5-13)16-7-15(8-16)21-19(28)17-11-25(23-22-17)10-14-3-1-2-6-20-14/h1-3,6,11,13,15-16H,4-5,7-10,12H2,(H,21,28)(H,26,27). The zero-order valence-electron chi connectivity index (χ0n) is 15.6. The second-order valence-corrected chi connectivity index (χ2v) is 7.68. The molecule has 0 radical (unpaired) electrons. The highest BCUT2D eigenvalue weighted by Crippen LogP contribution is 2.33. The van der Waals surface area contributed by atoms with Crippen LogP contribution in [-0.2, 0) is 11.3 Å². The van der Waals surface area contributed by atoms with Crippen LogP contribution in [0, 0.1) is 5.92 Å². The van der Waals surface area contributed by atoms with Crippen LogP contribution in [0.4, 0.5) is 0 Å². The molecular formula is C19H24N6O3. The van der Waals surface area contributed by atoms with Crippen LogP contribution in [0.3, 0.4) is 0 Å². The van der Waals surface area contributed by atoms with Crippen LogP contribution in [0.2, 0.25) is 0 Å². The van der Waals surface area contributed by atoms with Crippen molar-refractivity contribution in [2.24, 2.45) is 5.92 Å². The fraction of sp³-hybridized carbons (Fsp3) is 0.526. The molecule has 2 saturated carbocycles. The third kappa shape index (κ3) is 4.72. The van der Waals surface area contributed by atoms with E-state index in [1.807, 2.05) is 23.1 Å². The smallest absolute Gasteiger partial charge is 0.317 e. The molecule has 2 heterocycles. The van der Waals surface area contributed by atoms with E-state index >= 15 is 0 Å². The first-order valence-corrected chi connectivity index (χ1v) is 9.63. The number of carboxylic acids is 1. The molecule has 28 heavy (non-hydrogen) atoms. The van der Waals surface area contributed by atoms with Crippen molar-refractivity contribution in [3.8, 4) is 0 Å². The van der Waals surface area contributed by atoms with E-state index in [9.17, 15) is 9.59 Å². The molecule has 2 aromatic heterocycles. The van der Waals surface area contributed by atoms with Gasteiger partial charge >= 0.3 is 5.97 Å². The summed E-state index contributed by atoms with van der Waals surface area (Å²) < 4.78 is 1.59. The Labute approximate surface area is 162 Å². The summed E-state index contributed by atoms with van der Waals surface area (Å²) in [6.45, 7) is 1.38. The average molecular weight is 384 g/mol. The summed E-state index contributed by atoms with van der Waals surface area (Å²) in [7, 11) is 0. The highest BCUT2D eigenvalue weighted by Gasteiger charge is 2.38. The summed E-state index contributed by atoms with van der Waals surface area (Å²) in [5, 5.41) is 20.0. The van der Waals surface area contributed by atoms with Gasteiger partial charge in [-0.15, -0.1) is 5.10 Å². The van der Waals surface area contributed by atoms with E-state index in [2.05, 4.69) is 20.6 Å². The number of carbonyl (C=O) groups excluding carboxylic acids is 1. The molecule has 2 aliphatic rings. The molecule has 2 aliphatic carbocycles. The van der Waals surface area contributed by atoms with E-state index in [4.69, 9.17) is 5.11 Å². The maximum atomic E-state index is 12.4. The Bertz CT molecular complexity index is 829. The fourth-order valence-electron chi connectivity index (χ4n) is 3.55. The monoisotopic (exact) mass is 384 g/mol. The van der Waals surface area contributed by atoms with Gasteiger partial charge in [0.1, 0.15) is 0 Å². The number of carboxylic acid groups (broad SMARTS) is 1. The molecule has 9 heteroatoms. The van der Waals surface area contributed by atoms with E-state index in [1.54, 1.807) is 17.1 Å². The highest BCUT2D eigenvalue weighted by atomic mass is 16.4. The van der Waals surface area contributed by atoms with Gasteiger partial charge < -0.3 is 10.4 Å². The molecule has 148 valence electrons. The van der Waals surface area contributed by atoms with Crippen molar-refractivity contribution < 1.29 is 14.7 Å². The summed E-state index contributed by atoms with van der Waals surface area (Å²) >= 11 is 0. The van der Waals surface area contributed by atoms with Crippen LogP contribution in [0.25, 0.3) is 0 Å². The second-order valence-electron chi connectivity index (χ2n) is 7.68. The van der Waals surface area contributed by atoms with Crippen LogP contribution in [0.5, 0.6) is 0 Å². The van der Waals surface area contributed by atoms with Crippen molar-refractivity contribution in [1.82, 2.24) is 30.2 Å². The molecule has 2 aromatic rings. The van der Waals surface area contributed by atoms with Crippen LogP contribution in [-0.4, -0.2) is 67.0 Å². The van der Waals surface area contributed by atoms with Crippen molar-refractivity contribution >= 4 is 11.9 Å². The van der Waals surface area contributed by atoms with Crippen LogP contribution >= 0.6 is 0 Å².